The molecule has 0 radical (unpaired) electrons. The van der Waals surface area contributed by atoms with Gasteiger partial charge in [-0.3, -0.25) is 14.5 Å². The molecule has 4 aliphatic heterocycles. The molecule has 0 aromatic heterocycles. The Morgan fingerprint density at radius 2 is 1.81 bits per heavy atom. The fraction of sp³-hybridized carbons (Fsp3) is 0.333. The minimum Gasteiger partial charge on any atom is -0.490 e. The van der Waals surface area contributed by atoms with Crippen molar-refractivity contribution in [3.05, 3.63) is 65.2 Å². The van der Waals surface area contributed by atoms with Gasteiger partial charge in [0.05, 0.1) is 19.3 Å². The van der Waals surface area contributed by atoms with E-state index < -0.39 is 17.8 Å². The number of hydrogen-bond acceptors (Lipinski definition) is 5. The summed E-state index contributed by atoms with van der Waals surface area (Å²) in [6.07, 6.45) is 1.15. The number of benzene rings is 2. The summed E-state index contributed by atoms with van der Waals surface area (Å²) >= 11 is 0. The summed E-state index contributed by atoms with van der Waals surface area (Å²) in [7, 11) is 0. The van der Waals surface area contributed by atoms with Crippen molar-refractivity contribution in [2.75, 3.05) is 13.2 Å². The Morgan fingerprint density at radius 3 is 2.58 bits per heavy atom. The molecule has 0 bridgehead atoms. The van der Waals surface area contributed by atoms with Gasteiger partial charge in [-0.2, -0.15) is 0 Å². The van der Waals surface area contributed by atoms with E-state index in [9.17, 15) is 14.7 Å². The van der Waals surface area contributed by atoms with Gasteiger partial charge in [-0.25, -0.2) is 0 Å². The molecule has 2 aromatic rings. The van der Waals surface area contributed by atoms with Gasteiger partial charge in [0.1, 0.15) is 6.04 Å². The van der Waals surface area contributed by atoms with Gasteiger partial charge in [-0.1, -0.05) is 24.8 Å². The fourth-order valence-corrected chi connectivity index (χ4v) is 5.44. The highest BCUT2D eigenvalue weighted by molar-refractivity contribution is 6.05. The highest BCUT2D eigenvalue weighted by Gasteiger charge is 2.63. The predicted molar refractivity (Wildman–Crippen MR) is 111 cm³/mol. The van der Waals surface area contributed by atoms with Crippen LogP contribution in [0.5, 0.6) is 11.5 Å². The average molecular weight is 418 g/mol. The molecule has 3 atom stereocenters. The Bertz CT molecular complexity index is 1170. The molecule has 1 saturated heterocycles. The van der Waals surface area contributed by atoms with Crippen molar-refractivity contribution < 1.29 is 24.2 Å². The Morgan fingerprint density at radius 1 is 1.10 bits per heavy atom. The normalized spacial score (nSPS) is 28.5. The van der Waals surface area contributed by atoms with Gasteiger partial charge in [0.2, 0.25) is 5.91 Å². The predicted octanol–water partition coefficient (Wildman–Crippen LogP) is 2.28. The molecule has 4 aliphatic rings. The standard InChI is InChI=1S/C24H22N2O5/c1-13-17-12-20-19(30-8-5-9-31-20)10-15(17)11-21-24(29)18-7-4-3-6-16(18)23(28)26(24)14(2)22(27)25(13)21/h3-4,6-7,10,12,14,21,29H,1,5,8-9,11H2,2H3/t14-,21+,24-/m1/s1. The molecule has 7 nitrogen and oxygen atoms in total. The summed E-state index contributed by atoms with van der Waals surface area (Å²) in [6.45, 7) is 7.00. The van der Waals surface area contributed by atoms with Crippen LogP contribution in [0, 0.1) is 0 Å². The third-order valence-corrected chi connectivity index (χ3v) is 6.89. The molecule has 1 fully saturated rings. The Kier molecular flexibility index (Phi) is 3.63. The van der Waals surface area contributed by atoms with Crippen LogP contribution in [-0.2, 0) is 16.9 Å². The van der Waals surface area contributed by atoms with Crippen LogP contribution in [0.15, 0.2) is 43.0 Å². The molecule has 1 N–H and O–H groups in total. The zero-order valence-electron chi connectivity index (χ0n) is 17.1. The Balaban J connectivity index is 1.54. The molecule has 0 saturated carbocycles. The number of piperazine rings is 1. The first-order chi connectivity index (χ1) is 14.9. The quantitative estimate of drug-likeness (QED) is 0.710. The number of aliphatic hydroxyl groups is 1. The van der Waals surface area contributed by atoms with E-state index in [-0.39, 0.29) is 11.8 Å². The van der Waals surface area contributed by atoms with Crippen molar-refractivity contribution in [3.63, 3.8) is 0 Å². The van der Waals surface area contributed by atoms with E-state index in [4.69, 9.17) is 9.47 Å². The zero-order valence-corrected chi connectivity index (χ0v) is 17.1. The highest BCUT2D eigenvalue weighted by atomic mass is 16.5. The Hall–Kier alpha value is -3.32. The SMILES string of the molecule is C=C1c2cc3c(cc2C[C@@H]2N1C(=O)[C@@H](C)N1C(=O)c4ccccc4[C@@]21O)OCCCO3. The number of carbonyl (C=O) groups is 2. The lowest BCUT2D eigenvalue weighted by Crippen LogP contribution is -2.70. The van der Waals surface area contributed by atoms with E-state index in [0.29, 0.717) is 48.0 Å². The topological polar surface area (TPSA) is 79.3 Å². The number of carbonyl (C=O) groups excluding carboxylic acids is 2. The number of rotatable bonds is 0. The second kappa shape index (κ2) is 6.11. The molecule has 0 aliphatic carbocycles. The maximum absolute atomic E-state index is 13.4. The zero-order chi connectivity index (χ0) is 21.5. The van der Waals surface area contributed by atoms with Crippen molar-refractivity contribution in [1.29, 1.82) is 0 Å². The van der Waals surface area contributed by atoms with Crippen LogP contribution in [0.25, 0.3) is 5.70 Å². The third kappa shape index (κ3) is 2.21. The summed E-state index contributed by atoms with van der Waals surface area (Å²) in [5.74, 6) is 0.710. The molecular formula is C24H22N2O5. The van der Waals surface area contributed by atoms with E-state index in [2.05, 4.69) is 6.58 Å². The molecule has 158 valence electrons. The summed E-state index contributed by atoms with van der Waals surface area (Å²) in [5.41, 5.74) is 1.54. The minimum absolute atomic E-state index is 0.251. The van der Waals surface area contributed by atoms with Gasteiger partial charge in [0, 0.05) is 28.8 Å². The number of hydrogen-bond donors (Lipinski definition) is 1. The highest BCUT2D eigenvalue weighted by Crippen LogP contribution is 2.51. The first-order valence-corrected chi connectivity index (χ1v) is 10.5. The van der Waals surface area contributed by atoms with Gasteiger partial charge in [-0.15, -0.1) is 0 Å². The molecular weight excluding hydrogens is 396 g/mol. The van der Waals surface area contributed by atoms with Crippen LogP contribution >= 0.6 is 0 Å². The Labute approximate surface area is 179 Å². The maximum atomic E-state index is 13.4. The van der Waals surface area contributed by atoms with Crippen molar-refractivity contribution in [2.24, 2.45) is 0 Å². The van der Waals surface area contributed by atoms with E-state index in [0.717, 1.165) is 17.5 Å². The van der Waals surface area contributed by atoms with E-state index >= 15 is 0 Å². The van der Waals surface area contributed by atoms with E-state index in [1.54, 1.807) is 36.1 Å². The van der Waals surface area contributed by atoms with Crippen LogP contribution in [-0.4, -0.2) is 52.0 Å². The number of fused-ring (bicyclic) bond motifs is 7. The van der Waals surface area contributed by atoms with Crippen LogP contribution in [0.3, 0.4) is 0 Å². The van der Waals surface area contributed by atoms with Crippen molar-refractivity contribution in [3.8, 4) is 11.5 Å². The van der Waals surface area contributed by atoms with Gasteiger partial charge in [0.15, 0.2) is 17.2 Å². The maximum Gasteiger partial charge on any atom is 0.257 e. The molecule has 0 unspecified atom stereocenters. The fourth-order valence-electron chi connectivity index (χ4n) is 5.44. The lowest BCUT2D eigenvalue weighted by Gasteiger charge is -2.54. The minimum atomic E-state index is -1.63. The molecule has 6 rings (SSSR count). The summed E-state index contributed by atoms with van der Waals surface area (Å²) < 4.78 is 11.7. The molecule has 2 aromatic carbocycles. The van der Waals surface area contributed by atoms with Crippen molar-refractivity contribution in [2.45, 2.75) is 37.6 Å². The smallest absolute Gasteiger partial charge is 0.257 e. The first-order valence-electron chi connectivity index (χ1n) is 10.5. The summed E-state index contributed by atoms with van der Waals surface area (Å²) in [6, 6.07) is 9.31. The monoisotopic (exact) mass is 418 g/mol. The van der Waals surface area contributed by atoms with Crippen LogP contribution in [0.1, 0.15) is 40.4 Å². The van der Waals surface area contributed by atoms with Gasteiger partial charge < -0.3 is 19.5 Å². The number of ether oxygens (including phenoxy) is 2. The third-order valence-electron chi connectivity index (χ3n) is 6.89. The first kappa shape index (κ1) is 18.4. The van der Waals surface area contributed by atoms with E-state index in [1.165, 1.54) is 4.90 Å². The average Bonchev–Trinajstić information content (AvgIpc) is 2.89. The molecule has 31 heavy (non-hydrogen) atoms. The molecule has 0 spiro atoms. The van der Waals surface area contributed by atoms with Gasteiger partial charge in [0.25, 0.3) is 5.91 Å². The number of amides is 2. The van der Waals surface area contributed by atoms with Gasteiger partial charge in [-0.05, 0) is 37.1 Å². The second-order valence-electron chi connectivity index (χ2n) is 8.50. The summed E-state index contributed by atoms with van der Waals surface area (Å²) in [5, 5.41) is 12.1. The molecule has 4 heterocycles. The lowest BCUT2D eigenvalue weighted by molar-refractivity contribution is -0.189. The second-order valence-corrected chi connectivity index (χ2v) is 8.50. The molecule has 2 amide bonds. The van der Waals surface area contributed by atoms with E-state index in [1.807, 2.05) is 12.1 Å². The lowest BCUT2D eigenvalue weighted by atomic mass is 9.80. The van der Waals surface area contributed by atoms with Crippen LogP contribution in [0.4, 0.5) is 0 Å². The van der Waals surface area contributed by atoms with Gasteiger partial charge >= 0.3 is 0 Å². The van der Waals surface area contributed by atoms with Crippen molar-refractivity contribution in [1.82, 2.24) is 9.80 Å². The van der Waals surface area contributed by atoms with Crippen molar-refractivity contribution >= 4 is 17.5 Å². The van der Waals surface area contributed by atoms with Crippen LogP contribution in [0.2, 0.25) is 0 Å². The van der Waals surface area contributed by atoms with Crippen LogP contribution < -0.4 is 9.47 Å². The summed E-state index contributed by atoms with van der Waals surface area (Å²) in [4.78, 5) is 29.5. The number of nitrogens with zero attached hydrogens (tertiary/aromatic N) is 2. The molecule has 7 heteroatoms. The largest absolute Gasteiger partial charge is 0.490 e.